The monoisotopic (exact) mass is 229 g/mol. The Balaban J connectivity index is -0.0000000612. The van der Waals surface area contributed by atoms with E-state index in [1.54, 1.807) is 6.08 Å². The molecule has 0 heterocycles. The van der Waals surface area contributed by atoms with E-state index in [4.69, 9.17) is 0 Å². The maximum Gasteiger partial charge on any atom is 4.00 e. The number of rotatable bonds is 1. The normalized spacial score (nSPS) is 10.7. The molecule has 0 atom stereocenters. The fourth-order valence-corrected chi connectivity index (χ4v) is 0.523. The average Bonchev–Trinajstić information content (AvgIpc) is 2.14. The molecule has 61 valence electrons. The van der Waals surface area contributed by atoms with Crippen molar-refractivity contribution in [3.05, 3.63) is 31.2 Å². The summed E-state index contributed by atoms with van der Waals surface area (Å²) < 4.78 is 0. The van der Waals surface area contributed by atoms with Crippen molar-refractivity contribution in [2.45, 2.75) is 6.42 Å². The van der Waals surface area contributed by atoms with Crippen LogP contribution >= 0.6 is 0 Å². The Hall–Kier alpha value is 0.314. The van der Waals surface area contributed by atoms with Crippen molar-refractivity contribution in [1.29, 1.82) is 0 Å². The summed E-state index contributed by atoms with van der Waals surface area (Å²) in [6, 6.07) is 0. The number of carbonyl (C=O) groups excluding carboxylic acids is 1. The summed E-state index contributed by atoms with van der Waals surface area (Å²) in [6.45, 7) is 0. The van der Waals surface area contributed by atoms with Gasteiger partial charge in [0.05, 0.1) is 0 Å². The van der Waals surface area contributed by atoms with Gasteiger partial charge in [-0.15, -0.1) is 12.2 Å². The van der Waals surface area contributed by atoms with Crippen LogP contribution in [0.5, 0.6) is 0 Å². The van der Waals surface area contributed by atoms with Crippen LogP contribution in [0.2, 0.25) is 0 Å². The summed E-state index contributed by atoms with van der Waals surface area (Å²) in [7, 11) is 0. The van der Waals surface area contributed by atoms with E-state index in [0.717, 1.165) is 12.0 Å². The van der Waals surface area contributed by atoms with Crippen molar-refractivity contribution in [1.82, 2.24) is 0 Å². The summed E-state index contributed by atoms with van der Waals surface area (Å²) in [6.07, 6.45) is 8.14. The van der Waals surface area contributed by atoms with Gasteiger partial charge < -0.3 is 37.0 Å². The van der Waals surface area contributed by atoms with Crippen LogP contribution in [0.25, 0.3) is 0 Å². The number of allylic oxidation sites excluding steroid dienone is 4. The van der Waals surface area contributed by atoms with Crippen molar-refractivity contribution in [2.75, 3.05) is 0 Å². The van der Waals surface area contributed by atoms with E-state index in [0.29, 0.717) is 0 Å². The zero-order valence-electron chi connectivity index (χ0n) is 6.05. The third-order valence-corrected chi connectivity index (χ3v) is 0.902. The second-order valence-corrected chi connectivity index (χ2v) is 1.43. The molecular weight excluding hydrogens is 222 g/mol. The molecular formula is C7H8Cl2OV. The van der Waals surface area contributed by atoms with Gasteiger partial charge in [-0.3, -0.25) is 0 Å². The molecule has 0 aromatic carbocycles. The number of hydrogen-bond donors (Lipinski definition) is 0. The third-order valence-electron chi connectivity index (χ3n) is 0.902. The summed E-state index contributed by atoms with van der Waals surface area (Å²) in [5.74, 6) is 0. The maximum absolute atomic E-state index is 9.77. The Kier molecular flexibility index (Phi) is 26.5. The van der Waals surface area contributed by atoms with Gasteiger partial charge >= 0.3 is 18.6 Å². The van der Waals surface area contributed by atoms with Crippen LogP contribution in [0.1, 0.15) is 6.42 Å². The molecule has 0 aliphatic heterocycles. The van der Waals surface area contributed by atoms with E-state index in [9.17, 15) is 4.79 Å². The second-order valence-electron chi connectivity index (χ2n) is 1.43. The van der Waals surface area contributed by atoms with Crippen LogP contribution in [-0.4, -0.2) is 6.29 Å². The zero-order chi connectivity index (χ0) is 5.11. The van der Waals surface area contributed by atoms with Gasteiger partial charge in [-0.05, 0) is 12.7 Å². The van der Waals surface area contributed by atoms with Gasteiger partial charge in [0.25, 0.3) is 0 Å². The van der Waals surface area contributed by atoms with Crippen molar-refractivity contribution in [2.24, 2.45) is 0 Å². The van der Waals surface area contributed by atoms with E-state index in [2.05, 4.69) is 0 Å². The Bertz CT molecular complexity index is 143. The number of halogens is 2. The number of hydrogen-bond acceptors (Lipinski definition) is 1. The van der Waals surface area contributed by atoms with E-state index in [1.807, 2.05) is 18.4 Å². The van der Waals surface area contributed by atoms with E-state index < -0.39 is 0 Å². The molecule has 0 saturated heterocycles. The third kappa shape index (κ3) is 8.22. The molecule has 0 spiro atoms. The smallest absolute Gasteiger partial charge is 1.00 e. The predicted octanol–water partition coefficient (Wildman–Crippen LogP) is -4.56. The molecule has 0 aromatic heterocycles. The largest absolute Gasteiger partial charge is 4.00 e. The SMILES string of the molecule is O=[C-]C1=CC=CC1.[CH3-].[Cl-].[Cl-].[V+4]. The molecule has 1 nitrogen and oxygen atoms in total. The van der Waals surface area contributed by atoms with Crippen molar-refractivity contribution < 1.29 is 48.2 Å². The van der Waals surface area contributed by atoms with Crippen LogP contribution < -0.4 is 24.8 Å². The first-order chi connectivity index (χ1) is 3.43. The minimum absolute atomic E-state index is 0. The summed E-state index contributed by atoms with van der Waals surface area (Å²) in [5.41, 5.74) is 0.750. The molecule has 0 fully saturated rings. The van der Waals surface area contributed by atoms with Gasteiger partial charge in [0.15, 0.2) is 0 Å². The molecule has 4 heteroatoms. The molecule has 11 heavy (non-hydrogen) atoms. The minimum Gasteiger partial charge on any atom is -1.00 e. The first kappa shape index (κ1) is 22.5. The van der Waals surface area contributed by atoms with E-state index in [1.165, 1.54) is 0 Å². The van der Waals surface area contributed by atoms with Gasteiger partial charge in [-0.2, -0.15) is 5.57 Å². The Morgan fingerprint density at radius 3 is 2.09 bits per heavy atom. The van der Waals surface area contributed by atoms with Crippen LogP contribution in [0, 0.1) is 7.43 Å². The molecule has 0 aromatic rings. The first-order valence-electron chi connectivity index (χ1n) is 2.17. The average molecular weight is 230 g/mol. The molecule has 0 N–H and O–H groups in total. The minimum atomic E-state index is 0. The molecule has 1 radical (unpaired) electrons. The molecule has 1 aliphatic carbocycles. The quantitative estimate of drug-likeness (QED) is 0.414. The van der Waals surface area contributed by atoms with Gasteiger partial charge in [0.2, 0.25) is 0 Å². The molecule has 0 bridgehead atoms. The van der Waals surface area contributed by atoms with Gasteiger partial charge in [-0.1, -0.05) is 0 Å². The standard InChI is InChI=1S/C6H5O.CH3.2ClH.V/c7-5-6-3-1-2-4-6;;;;/h1-3H,4H2;1H3;2*1H;/q2*-1;;;+4/p-2. The van der Waals surface area contributed by atoms with Gasteiger partial charge in [-0.25, -0.2) is 6.08 Å². The molecule has 1 rings (SSSR count). The van der Waals surface area contributed by atoms with Crippen molar-refractivity contribution >= 4 is 6.29 Å². The summed E-state index contributed by atoms with van der Waals surface area (Å²) in [4.78, 5) is 9.77. The Morgan fingerprint density at radius 2 is 1.91 bits per heavy atom. The maximum atomic E-state index is 9.77. The van der Waals surface area contributed by atoms with Gasteiger partial charge in [0.1, 0.15) is 0 Å². The van der Waals surface area contributed by atoms with Crippen LogP contribution in [0.3, 0.4) is 0 Å². The van der Waals surface area contributed by atoms with E-state index >= 15 is 0 Å². The fourth-order valence-electron chi connectivity index (χ4n) is 0.523. The zero-order valence-corrected chi connectivity index (χ0v) is 8.96. The molecule has 0 saturated carbocycles. The van der Waals surface area contributed by atoms with Gasteiger partial charge in [0, 0.05) is 0 Å². The Labute approximate surface area is 92.0 Å². The molecule has 0 unspecified atom stereocenters. The summed E-state index contributed by atoms with van der Waals surface area (Å²) in [5, 5.41) is 0. The Morgan fingerprint density at radius 1 is 1.36 bits per heavy atom. The van der Waals surface area contributed by atoms with Crippen LogP contribution in [0.15, 0.2) is 23.8 Å². The van der Waals surface area contributed by atoms with Crippen molar-refractivity contribution in [3.63, 3.8) is 0 Å². The second kappa shape index (κ2) is 12.9. The topological polar surface area (TPSA) is 17.1 Å². The molecule has 1 aliphatic rings. The summed E-state index contributed by atoms with van der Waals surface area (Å²) >= 11 is 0. The molecule has 0 amide bonds. The first-order valence-corrected chi connectivity index (χ1v) is 2.17. The predicted molar refractivity (Wildman–Crippen MR) is 33.9 cm³/mol. The van der Waals surface area contributed by atoms with E-state index in [-0.39, 0.29) is 50.8 Å². The van der Waals surface area contributed by atoms with Crippen molar-refractivity contribution in [3.8, 4) is 0 Å². The fraction of sp³-hybridized carbons (Fsp3) is 0.143. The van der Waals surface area contributed by atoms with Crippen LogP contribution in [0.4, 0.5) is 0 Å². The van der Waals surface area contributed by atoms with Crippen LogP contribution in [-0.2, 0) is 23.4 Å².